The van der Waals surface area contributed by atoms with Gasteiger partial charge in [0.2, 0.25) is 0 Å². The van der Waals surface area contributed by atoms with Crippen molar-refractivity contribution >= 4 is 22.8 Å². The van der Waals surface area contributed by atoms with Gasteiger partial charge in [-0.3, -0.25) is 9.59 Å². The number of esters is 1. The standard InChI is InChI=1S/C22H24N2O4/c1-3-9-18(16-10-5-4-6-11-16)23-22(26)15(2)27-21(25)14-19-17-12-7-8-13-20(17)28-24-19/h4-8,10-13,15,18H,3,9,14H2,1-2H3,(H,23,26)/t15-,18-/m0/s1. The maximum Gasteiger partial charge on any atom is 0.312 e. The van der Waals surface area contributed by atoms with Gasteiger partial charge in [-0.1, -0.05) is 61.0 Å². The monoisotopic (exact) mass is 380 g/mol. The van der Waals surface area contributed by atoms with Crippen molar-refractivity contribution in [2.75, 3.05) is 0 Å². The first kappa shape index (κ1) is 19.6. The summed E-state index contributed by atoms with van der Waals surface area (Å²) in [5.74, 6) is -0.839. The summed E-state index contributed by atoms with van der Waals surface area (Å²) in [5.41, 5.74) is 2.15. The summed E-state index contributed by atoms with van der Waals surface area (Å²) in [7, 11) is 0. The zero-order chi connectivity index (χ0) is 19.9. The fourth-order valence-electron chi connectivity index (χ4n) is 3.08. The predicted octanol–water partition coefficient (Wildman–Crippen LogP) is 3.96. The Hall–Kier alpha value is -3.15. The van der Waals surface area contributed by atoms with E-state index in [2.05, 4.69) is 17.4 Å². The average Bonchev–Trinajstić information content (AvgIpc) is 3.11. The maximum atomic E-state index is 12.5. The Kier molecular flexibility index (Phi) is 6.42. The number of carbonyl (C=O) groups is 2. The van der Waals surface area contributed by atoms with E-state index in [1.54, 1.807) is 13.0 Å². The third-order valence-electron chi connectivity index (χ3n) is 4.54. The summed E-state index contributed by atoms with van der Waals surface area (Å²) in [5, 5.41) is 7.67. The molecule has 2 aromatic carbocycles. The molecule has 3 aromatic rings. The number of carbonyl (C=O) groups excluding carboxylic acids is 2. The molecule has 0 saturated carbocycles. The predicted molar refractivity (Wildman–Crippen MR) is 106 cm³/mol. The number of aromatic nitrogens is 1. The minimum atomic E-state index is -0.895. The highest BCUT2D eigenvalue weighted by Gasteiger charge is 2.22. The zero-order valence-corrected chi connectivity index (χ0v) is 16.1. The fourth-order valence-corrected chi connectivity index (χ4v) is 3.08. The van der Waals surface area contributed by atoms with Crippen LogP contribution >= 0.6 is 0 Å². The molecular weight excluding hydrogens is 356 g/mol. The second kappa shape index (κ2) is 9.17. The van der Waals surface area contributed by atoms with Crippen molar-refractivity contribution in [1.29, 1.82) is 0 Å². The number of rotatable bonds is 8. The molecule has 3 rings (SSSR count). The summed E-state index contributed by atoms with van der Waals surface area (Å²) in [6.45, 7) is 3.63. The molecule has 0 aliphatic carbocycles. The van der Waals surface area contributed by atoms with E-state index in [0.717, 1.165) is 23.8 Å². The first-order valence-electron chi connectivity index (χ1n) is 9.46. The number of ether oxygens (including phenoxy) is 1. The van der Waals surface area contributed by atoms with E-state index in [4.69, 9.17) is 9.26 Å². The Morgan fingerprint density at radius 2 is 1.82 bits per heavy atom. The zero-order valence-electron chi connectivity index (χ0n) is 16.1. The number of amides is 1. The lowest BCUT2D eigenvalue weighted by molar-refractivity contribution is -0.154. The molecule has 0 spiro atoms. The van der Waals surface area contributed by atoms with E-state index in [1.807, 2.05) is 48.5 Å². The lowest BCUT2D eigenvalue weighted by Crippen LogP contribution is -2.38. The molecule has 0 radical (unpaired) electrons. The van der Waals surface area contributed by atoms with Gasteiger partial charge in [0.25, 0.3) is 5.91 Å². The van der Waals surface area contributed by atoms with Crippen LogP contribution in [0.5, 0.6) is 0 Å². The topological polar surface area (TPSA) is 81.4 Å². The van der Waals surface area contributed by atoms with Gasteiger partial charge in [0.15, 0.2) is 11.7 Å². The first-order valence-corrected chi connectivity index (χ1v) is 9.46. The number of fused-ring (bicyclic) bond motifs is 1. The maximum absolute atomic E-state index is 12.5. The van der Waals surface area contributed by atoms with E-state index < -0.39 is 12.1 Å². The lowest BCUT2D eigenvalue weighted by Gasteiger charge is -2.21. The molecular formula is C22H24N2O4. The first-order chi connectivity index (χ1) is 13.6. The van der Waals surface area contributed by atoms with Crippen LogP contribution < -0.4 is 5.32 Å². The molecule has 0 saturated heterocycles. The summed E-state index contributed by atoms with van der Waals surface area (Å²) in [6, 6.07) is 17.0. The van der Waals surface area contributed by atoms with Gasteiger partial charge in [-0.2, -0.15) is 0 Å². The van der Waals surface area contributed by atoms with E-state index >= 15 is 0 Å². The summed E-state index contributed by atoms with van der Waals surface area (Å²) in [4.78, 5) is 24.8. The normalized spacial score (nSPS) is 13.1. The third-order valence-corrected chi connectivity index (χ3v) is 4.54. The molecule has 2 atom stereocenters. The van der Waals surface area contributed by atoms with Crippen LogP contribution in [0.1, 0.15) is 44.0 Å². The number of benzene rings is 2. The summed E-state index contributed by atoms with van der Waals surface area (Å²) < 4.78 is 10.5. The van der Waals surface area contributed by atoms with Gasteiger partial charge < -0.3 is 14.6 Å². The molecule has 1 N–H and O–H groups in total. The molecule has 1 aromatic heterocycles. The lowest BCUT2D eigenvalue weighted by atomic mass is 10.0. The highest BCUT2D eigenvalue weighted by Crippen LogP contribution is 2.20. The second-order valence-corrected chi connectivity index (χ2v) is 6.69. The van der Waals surface area contributed by atoms with Gasteiger partial charge >= 0.3 is 5.97 Å². The number of nitrogens with zero attached hydrogens (tertiary/aromatic N) is 1. The minimum absolute atomic E-state index is 0.0499. The Balaban J connectivity index is 1.59. The number of para-hydroxylation sites is 1. The average molecular weight is 380 g/mol. The van der Waals surface area contributed by atoms with Crippen molar-refractivity contribution < 1.29 is 18.8 Å². The van der Waals surface area contributed by atoms with Crippen LogP contribution in [0.4, 0.5) is 0 Å². The van der Waals surface area contributed by atoms with Crippen molar-refractivity contribution in [3.63, 3.8) is 0 Å². The molecule has 0 aliphatic rings. The second-order valence-electron chi connectivity index (χ2n) is 6.69. The number of hydrogen-bond acceptors (Lipinski definition) is 5. The van der Waals surface area contributed by atoms with Gasteiger partial charge in [-0.15, -0.1) is 0 Å². The Morgan fingerprint density at radius 3 is 2.57 bits per heavy atom. The van der Waals surface area contributed by atoms with Crippen molar-refractivity contribution in [2.45, 2.75) is 45.3 Å². The highest BCUT2D eigenvalue weighted by atomic mass is 16.5. The van der Waals surface area contributed by atoms with Crippen molar-refractivity contribution in [3.05, 3.63) is 65.9 Å². The molecule has 146 valence electrons. The summed E-state index contributed by atoms with van der Waals surface area (Å²) in [6.07, 6.45) is 0.786. The summed E-state index contributed by atoms with van der Waals surface area (Å²) >= 11 is 0. The van der Waals surface area contributed by atoms with Crippen LogP contribution in [0.15, 0.2) is 59.1 Å². The number of hydrogen-bond donors (Lipinski definition) is 1. The largest absolute Gasteiger partial charge is 0.452 e. The Labute approximate surface area is 163 Å². The van der Waals surface area contributed by atoms with Crippen LogP contribution in [-0.4, -0.2) is 23.1 Å². The van der Waals surface area contributed by atoms with Crippen LogP contribution in [0, 0.1) is 0 Å². The van der Waals surface area contributed by atoms with Crippen LogP contribution in [0.25, 0.3) is 11.0 Å². The van der Waals surface area contributed by atoms with Gasteiger partial charge in [0, 0.05) is 5.39 Å². The Morgan fingerprint density at radius 1 is 1.11 bits per heavy atom. The minimum Gasteiger partial charge on any atom is -0.452 e. The molecule has 6 heteroatoms. The van der Waals surface area contributed by atoms with E-state index in [1.165, 1.54) is 0 Å². The van der Waals surface area contributed by atoms with Crippen LogP contribution in [-0.2, 0) is 20.7 Å². The molecule has 0 bridgehead atoms. The molecule has 0 unspecified atom stereocenters. The molecule has 6 nitrogen and oxygen atoms in total. The quantitative estimate of drug-likeness (QED) is 0.598. The van der Waals surface area contributed by atoms with Gasteiger partial charge in [0.1, 0.15) is 5.69 Å². The van der Waals surface area contributed by atoms with E-state index in [9.17, 15) is 9.59 Å². The SMILES string of the molecule is CCC[C@H](NC(=O)[C@H](C)OC(=O)Cc1noc2ccccc12)c1ccccc1. The van der Waals surface area contributed by atoms with Crippen LogP contribution in [0.3, 0.4) is 0 Å². The number of nitrogens with one attached hydrogen (secondary N) is 1. The van der Waals surface area contributed by atoms with Crippen molar-refractivity contribution in [1.82, 2.24) is 10.5 Å². The van der Waals surface area contributed by atoms with E-state index in [0.29, 0.717) is 11.3 Å². The van der Waals surface area contributed by atoms with Gasteiger partial charge in [0.05, 0.1) is 12.5 Å². The molecule has 0 aliphatic heterocycles. The van der Waals surface area contributed by atoms with Gasteiger partial charge in [-0.05, 0) is 31.0 Å². The van der Waals surface area contributed by atoms with Crippen LogP contribution in [0.2, 0.25) is 0 Å². The molecule has 1 heterocycles. The molecule has 28 heavy (non-hydrogen) atoms. The van der Waals surface area contributed by atoms with E-state index in [-0.39, 0.29) is 18.4 Å². The highest BCUT2D eigenvalue weighted by molar-refractivity contribution is 5.86. The fraction of sp³-hybridized carbons (Fsp3) is 0.318. The third kappa shape index (κ3) is 4.76. The Bertz CT molecular complexity index is 936. The van der Waals surface area contributed by atoms with Crippen molar-refractivity contribution in [3.8, 4) is 0 Å². The smallest absolute Gasteiger partial charge is 0.312 e. The van der Waals surface area contributed by atoms with Gasteiger partial charge in [-0.25, -0.2) is 0 Å². The molecule has 1 amide bonds. The van der Waals surface area contributed by atoms with Crippen molar-refractivity contribution in [2.24, 2.45) is 0 Å². The molecule has 0 fully saturated rings.